The zero-order chi connectivity index (χ0) is 15.8. The van der Waals surface area contributed by atoms with Gasteiger partial charge in [-0.1, -0.05) is 0 Å². The molecule has 2 N–H and O–H groups in total. The molecule has 0 aromatic carbocycles. The van der Waals surface area contributed by atoms with Crippen LogP contribution in [0.25, 0.3) is 10.2 Å². The van der Waals surface area contributed by atoms with Crippen LogP contribution in [0.3, 0.4) is 0 Å². The highest BCUT2D eigenvalue weighted by molar-refractivity contribution is 7.18. The Bertz CT molecular complexity index is 875. The lowest BCUT2D eigenvalue weighted by Crippen LogP contribution is -2.27. The molecule has 0 spiro atoms. The Hall–Kier alpha value is -2.34. The number of primary amides is 1. The summed E-state index contributed by atoms with van der Waals surface area (Å²) in [4.78, 5) is 26.9. The SMILES string of the molecule is NC(=O)C1CCc2c(sc3nc(Cc4ccncc4)ncc23)C1. The predicted molar refractivity (Wildman–Crippen MR) is 89.2 cm³/mol. The smallest absolute Gasteiger partial charge is 0.220 e. The molecule has 0 bridgehead atoms. The van der Waals surface area contributed by atoms with Crippen molar-refractivity contribution in [2.45, 2.75) is 25.7 Å². The second kappa shape index (κ2) is 5.70. The molecule has 6 heteroatoms. The number of carbonyl (C=O) groups is 1. The summed E-state index contributed by atoms with van der Waals surface area (Å²) in [5.41, 5.74) is 7.91. The Morgan fingerprint density at radius 2 is 2.17 bits per heavy atom. The van der Waals surface area contributed by atoms with E-state index in [4.69, 9.17) is 10.7 Å². The second-order valence-electron chi connectivity index (χ2n) is 5.88. The average molecular weight is 324 g/mol. The van der Waals surface area contributed by atoms with Crippen molar-refractivity contribution < 1.29 is 4.79 Å². The van der Waals surface area contributed by atoms with Crippen molar-refractivity contribution in [1.29, 1.82) is 0 Å². The van der Waals surface area contributed by atoms with E-state index in [1.807, 2.05) is 18.3 Å². The summed E-state index contributed by atoms with van der Waals surface area (Å²) in [7, 11) is 0. The van der Waals surface area contributed by atoms with Gasteiger partial charge < -0.3 is 5.73 Å². The van der Waals surface area contributed by atoms with E-state index in [1.54, 1.807) is 23.7 Å². The largest absolute Gasteiger partial charge is 0.369 e. The molecule has 1 aliphatic rings. The van der Waals surface area contributed by atoms with Crippen molar-refractivity contribution >= 4 is 27.5 Å². The molecular formula is C17H16N4OS. The van der Waals surface area contributed by atoms with Crippen LogP contribution < -0.4 is 5.73 Å². The molecule has 3 aromatic rings. The Kier molecular flexibility index (Phi) is 3.53. The van der Waals surface area contributed by atoms with Gasteiger partial charge in [-0.3, -0.25) is 9.78 Å². The van der Waals surface area contributed by atoms with Gasteiger partial charge in [0.2, 0.25) is 5.91 Å². The van der Waals surface area contributed by atoms with Gasteiger partial charge in [0.15, 0.2) is 0 Å². The summed E-state index contributed by atoms with van der Waals surface area (Å²) in [5, 5.41) is 1.13. The zero-order valence-electron chi connectivity index (χ0n) is 12.5. The monoisotopic (exact) mass is 324 g/mol. The highest BCUT2D eigenvalue weighted by atomic mass is 32.1. The fraction of sp³-hybridized carbons (Fsp3) is 0.294. The zero-order valence-corrected chi connectivity index (χ0v) is 13.3. The van der Waals surface area contributed by atoms with Crippen LogP contribution in [0.2, 0.25) is 0 Å². The summed E-state index contributed by atoms with van der Waals surface area (Å²) in [6, 6.07) is 3.95. The molecule has 116 valence electrons. The van der Waals surface area contributed by atoms with E-state index < -0.39 is 0 Å². The number of carbonyl (C=O) groups excluding carboxylic acids is 1. The number of pyridine rings is 1. The van der Waals surface area contributed by atoms with E-state index >= 15 is 0 Å². The standard InChI is InChI=1S/C17H16N4OS/c18-16(22)11-1-2-12-13-9-20-15(7-10-3-5-19-6-4-10)21-17(13)23-14(12)8-11/h3-6,9,11H,1-2,7-8H2,(H2,18,22). The van der Waals surface area contributed by atoms with E-state index in [2.05, 4.69) is 9.97 Å². The molecular weight excluding hydrogens is 308 g/mol. The molecule has 5 nitrogen and oxygen atoms in total. The molecule has 0 aliphatic heterocycles. The normalized spacial score (nSPS) is 17.1. The van der Waals surface area contributed by atoms with Gasteiger partial charge in [-0.25, -0.2) is 9.97 Å². The number of rotatable bonds is 3. The number of thiophene rings is 1. The number of aromatic nitrogens is 3. The molecule has 1 aliphatic carbocycles. The second-order valence-corrected chi connectivity index (χ2v) is 6.97. The highest BCUT2D eigenvalue weighted by Gasteiger charge is 2.26. The first-order valence-corrected chi connectivity index (χ1v) is 8.47. The van der Waals surface area contributed by atoms with Gasteiger partial charge >= 0.3 is 0 Å². The summed E-state index contributed by atoms with van der Waals surface area (Å²) in [6.07, 6.45) is 8.64. The van der Waals surface area contributed by atoms with E-state index in [-0.39, 0.29) is 11.8 Å². The topological polar surface area (TPSA) is 81.8 Å². The van der Waals surface area contributed by atoms with Gasteiger partial charge in [-0.2, -0.15) is 0 Å². The lowest BCUT2D eigenvalue weighted by molar-refractivity contribution is -0.122. The fourth-order valence-electron chi connectivity index (χ4n) is 3.11. The Morgan fingerprint density at radius 1 is 1.35 bits per heavy atom. The van der Waals surface area contributed by atoms with Gasteiger partial charge in [0.25, 0.3) is 0 Å². The number of nitrogens with zero attached hydrogens (tertiary/aromatic N) is 3. The Balaban J connectivity index is 1.67. The number of aryl methyl sites for hydroxylation is 1. The lowest BCUT2D eigenvalue weighted by Gasteiger charge is -2.18. The molecule has 1 unspecified atom stereocenters. The maximum Gasteiger partial charge on any atom is 0.220 e. The molecule has 4 rings (SSSR count). The minimum atomic E-state index is -0.197. The van der Waals surface area contributed by atoms with E-state index in [9.17, 15) is 4.79 Å². The number of fused-ring (bicyclic) bond motifs is 3. The molecule has 0 saturated heterocycles. The van der Waals surface area contributed by atoms with Gasteiger partial charge in [-0.05, 0) is 42.5 Å². The van der Waals surface area contributed by atoms with Gasteiger partial charge in [-0.15, -0.1) is 11.3 Å². The van der Waals surface area contributed by atoms with Crippen molar-refractivity contribution in [1.82, 2.24) is 15.0 Å². The average Bonchev–Trinajstić information content (AvgIpc) is 2.92. The minimum absolute atomic E-state index is 0.0418. The number of nitrogens with two attached hydrogens (primary N) is 1. The van der Waals surface area contributed by atoms with Crippen molar-refractivity contribution in [2.75, 3.05) is 0 Å². The molecule has 1 atom stereocenters. The van der Waals surface area contributed by atoms with E-state index in [0.717, 1.165) is 40.9 Å². The third-order valence-electron chi connectivity index (χ3n) is 4.37. The molecule has 3 aromatic heterocycles. The van der Waals surface area contributed by atoms with Crippen LogP contribution in [0.15, 0.2) is 30.7 Å². The molecule has 0 radical (unpaired) electrons. The van der Waals surface area contributed by atoms with Crippen molar-refractivity contribution in [3.8, 4) is 0 Å². The lowest BCUT2D eigenvalue weighted by atomic mass is 9.87. The summed E-state index contributed by atoms with van der Waals surface area (Å²) in [5.74, 6) is 0.575. The molecule has 0 saturated carbocycles. The first-order valence-electron chi connectivity index (χ1n) is 7.65. The summed E-state index contributed by atoms with van der Waals surface area (Å²) >= 11 is 1.67. The maximum absolute atomic E-state index is 11.4. The van der Waals surface area contributed by atoms with Crippen LogP contribution in [-0.4, -0.2) is 20.9 Å². The third-order valence-corrected chi connectivity index (χ3v) is 5.54. The van der Waals surface area contributed by atoms with Crippen molar-refractivity contribution in [3.63, 3.8) is 0 Å². The summed E-state index contributed by atoms with van der Waals surface area (Å²) in [6.45, 7) is 0. The quantitative estimate of drug-likeness (QED) is 0.801. The molecule has 23 heavy (non-hydrogen) atoms. The van der Waals surface area contributed by atoms with Crippen LogP contribution in [-0.2, 0) is 24.1 Å². The Labute approximate surface area is 137 Å². The number of hydrogen-bond donors (Lipinski definition) is 1. The van der Waals surface area contributed by atoms with Crippen LogP contribution in [0.4, 0.5) is 0 Å². The van der Waals surface area contributed by atoms with E-state index in [0.29, 0.717) is 6.42 Å². The third kappa shape index (κ3) is 2.70. The highest BCUT2D eigenvalue weighted by Crippen LogP contribution is 2.37. The number of amides is 1. The fourth-order valence-corrected chi connectivity index (χ4v) is 4.40. The van der Waals surface area contributed by atoms with Crippen LogP contribution in [0, 0.1) is 5.92 Å². The predicted octanol–water partition coefficient (Wildman–Crippen LogP) is 2.27. The van der Waals surface area contributed by atoms with E-state index in [1.165, 1.54) is 10.4 Å². The molecule has 0 fully saturated rings. The van der Waals surface area contributed by atoms with Crippen LogP contribution >= 0.6 is 11.3 Å². The number of hydrogen-bond acceptors (Lipinski definition) is 5. The van der Waals surface area contributed by atoms with Crippen molar-refractivity contribution in [3.05, 3.63) is 52.6 Å². The molecule has 3 heterocycles. The van der Waals surface area contributed by atoms with Crippen LogP contribution in [0.1, 0.15) is 28.2 Å². The molecule has 1 amide bonds. The maximum atomic E-state index is 11.4. The van der Waals surface area contributed by atoms with Crippen molar-refractivity contribution in [2.24, 2.45) is 11.7 Å². The first kappa shape index (κ1) is 14.3. The van der Waals surface area contributed by atoms with Gasteiger partial charge in [0.05, 0.1) is 0 Å². The Morgan fingerprint density at radius 3 is 2.96 bits per heavy atom. The van der Waals surface area contributed by atoms with Crippen LogP contribution in [0.5, 0.6) is 0 Å². The first-order chi connectivity index (χ1) is 11.2. The minimum Gasteiger partial charge on any atom is -0.369 e. The van der Waals surface area contributed by atoms with Gasteiger partial charge in [0.1, 0.15) is 10.7 Å². The van der Waals surface area contributed by atoms with Gasteiger partial charge in [0, 0.05) is 41.2 Å². The summed E-state index contributed by atoms with van der Waals surface area (Å²) < 4.78 is 0.